The minimum absolute atomic E-state index is 0.00964. The van der Waals surface area contributed by atoms with Gasteiger partial charge < -0.3 is 5.11 Å². The van der Waals surface area contributed by atoms with Crippen molar-refractivity contribution < 1.29 is 5.11 Å². The summed E-state index contributed by atoms with van der Waals surface area (Å²) in [5.41, 5.74) is 2.82. The van der Waals surface area contributed by atoms with Crippen LogP contribution in [-0.4, -0.2) is 11.2 Å². The molecule has 4 fully saturated rings. The Morgan fingerprint density at radius 2 is 1.82 bits per heavy atom. The Morgan fingerprint density at radius 1 is 1.00 bits per heavy atom. The first-order chi connectivity index (χ1) is 10.5. The van der Waals surface area contributed by atoms with Crippen LogP contribution in [0.5, 0.6) is 0 Å². The molecule has 7 atom stereocenters. The van der Waals surface area contributed by atoms with Crippen molar-refractivity contribution >= 4 is 0 Å². The van der Waals surface area contributed by atoms with E-state index in [1.54, 1.807) is 5.57 Å². The third-order valence-corrected chi connectivity index (χ3v) is 8.83. The van der Waals surface area contributed by atoms with Gasteiger partial charge in [0.25, 0.3) is 0 Å². The maximum Gasteiger partial charge on any atom is 0.0543 e. The van der Waals surface area contributed by atoms with Crippen molar-refractivity contribution in [3.8, 4) is 0 Å². The molecule has 0 saturated heterocycles. The summed E-state index contributed by atoms with van der Waals surface area (Å²) in [5.74, 6) is 3.65. The summed E-state index contributed by atoms with van der Waals surface area (Å²) < 4.78 is 0. The zero-order valence-electron chi connectivity index (χ0n) is 14.8. The van der Waals surface area contributed by atoms with E-state index in [4.69, 9.17) is 0 Å². The zero-order chi connectivity index (χ0) is 15.5. The van der Waals surface area contributed by atoms with Gasteiger partial charge >= 0.3 is 0 Å². The second-order valence-electron chi connectivity index (χ2n) is 9.39. The SMILES string of the molecule is C/C=C1/CC[C@@H]2[C@@H]3CC[C@H]4C[C@H](O)CC[C@]4(C)[C@@H]3CC[C@]12C. The lowest BCUT2D eigenvalue weighted by Gasteiger charge is -2.60. The van der Waals surface area contributed by atoms with Crippen molar-refractivity contribution in [1.82, 2.24) is 0 Å². The molecule has 0 heterocycles. The Balaban J connectivity index is 1.63. The highest BCUT2D eigenvalue weighted by molar-refractivity contribution is 5.23. The van der Waals surface area contributed by atoms with E-state index in [1.807, 2.05) is 0 Å². The Labute approximate surface area is 136 Å². The summed E-state index contributed by atoms with van der Waals surface area (Å²) >= 11 is 0. The van der Waals surface area contributed by atoms with E-state index in [0.717, 1.165) is 36.5 Å². The van der Waals surface area contributed by atoms with E-state index in [9.17, 15) is 5.11 Å². The highest BCUT2D eigenvalue weighted by Gasteiger charge is 2.58. The number of hydrogen-bond donors (Lipinski definition) is 1. The van der Waals surface area contributed by atoms with Crippen molar-refractivity contribution in [1.29, 1.82) is 0 Å². The molecule has 4 aliphatic rings. The van der Waals surface area contributed by atoms with E-state index in [1.165, 1.54) is 44.9 Å². The lowest BCUT2D eigenvalue weighted by atomic mass is 9.45. The summed E-state index contributed by atoms with van der Waals surface area (Å²) in [6, 6.07) is 0. The quantitative estimate of drug-likeness (QED) is 0.599. The number of aliphatic hydroxyl groups excluding tert-OH is 1. The minimum atomic E-state index is -0.00964. The van der Waals surface area contributed by atoms with Gasteiger partial charge in [-0.05, 0) is 99.2 Å². The van der Waals surface area contributed by atoms with Gasteiger partial charge in [-0.3, -0.25) is 0 Å². The van der Waals surface area contributed by atoms with Crippen LogP contribution in [0.4, 0.5) is 0 Å². The van der Waals surface area contributed by atoms with Gasteiger partial charge in [-0.2, -0.15) is 0 Å². The van der Waals surface area contributed by atoms with Crippen molar-refractivity contribution in [2.45, 2.75) is 84.7 Å². The molecule has 1 nitrogen and oxygen atoms in total. The molecule has 4 saturated carbocycles. The molecule has 0 aliphatic heterocycles. The van der Waals surface area contributed by atoms with E-state index < -0.39 is 0 Å². The van der Waals surface area contributed by atoms with E-state index in [-0.39, 0.29) is 6.10 Å². The van der Waals surface area contributed by atoms with Crippen LogP contribution >= 0.6 is 0 Å². The van der Waals surface area contributed by atoms with Gasteiger partial charge in [0.1, 0.15) is 0 Å². The number of hydrogen-bond acceptors (Lipinski definition) is 1. The van der Waals surface area contributed by atoms with Crippen LogP contribution in [0.3, 0.4) is 0 Å². The Hall–Kier alpha value is -0.300. The lowest BCUT2D eigenvalue weighted by molar-refractivity contribution is -0.116. The molecule has 0 unspecified atom stereocenters. The topological polar surface area (TPSA) is 20.2 Å². The van der Waals surface area contributed by atoms with Crippen molar-refractivity contribution in [2.75, 3.05) is 0 Å². The van der Waals surface area contributed by atoms with Gasteiger partial charge in [0.15, 0.2) is 0 Å². The smallest absolute Gasteiger partial charge is 0.0543 e. The number of allylic oxidation sites excluding steroid dienone is 2. The molecule has 4 rings (SSSR count). The monoisotopic (exact) mass is 302 g/mol. The summed E-state index contributed by atoms with van der Waals surface area (Å²) in [4.78, 5) is 0. The average Bonchev–Trinajstić information content (AvgIpc) is 2.84. The molecule has 0 aromatic rings. The molecule has 0 aromatic carbocycles. The molecule has 124 valence electrons. The molecule has 0 radical (unpaired) electrons. The second-order valence-corrected chi connectivity index (χ2v) is 9.39. The highest BCUT2D eigenvalue weighted by atomic mass is 16.3. The largest absolute Gasteiger partial charge is 0.393 e. The summed E-state index contributed by atoms with van der Waals surface area (Å²) in [5, 5.41) is 10.1. The van der Waals surface area contributed by atoms with Crippen molar-refractivity contribution in [2.24, 2.45) is 34.5 Å². The van der Waals surface area contributed by atoms with Crippen molar-refractivity contribution in [3.05, 3.63) is 11.6 Å². The summed E-state index contributed by atoms with van der Waals surface area (Å²) in [6.45, 7) is 7.43. The molecule has 22 heavy (non-hydrogen) atoms. The van der Waals surface area contributed by atoms with E-state index in [2.05, 4.69) is 26.8 Å². The van der Waals surface area contributed by atoms with Crippen LogP contribution < -0.4 is 0 Å². The van der Waals surface area contributed by atoms with Gasteiger partial charge in [-0.25, -0.2) is 0 Å². The standard InChI is InChI=1S/C21H34O/c1-4-14-6-8-18-17-7-5-15-13-16(22)9-11-21(15,3)19(17)10-12-20(14,18)2/h4,15-19,22H,5-13H2,1-3H3/b14-4-/t15-,16+,17-,18+,19+,20+,21-/m0/s1. The molecule has 0 amide bonds. The number of aliphatic hydroxyl groups is 1. The summed E-state index contributed by atoms with van der Waals surface area (Å²) in [6.07, 6.45) is 14.3. The predicted molar refractivity (Wildman–Crippen MR) is 91.5 cm³/mol. The van der Waals surface area contributed by atoms with Crippen LogP contribution in [-0.2, 0) is 0 Å². The van der Waals surface area contributed by atoms with Crippen LogP contribution in [0.25, 0.3) is 0 Å². The molecular formula is C21H34O. The Bertz CT molecular complexity index is 480. The van der Waals surface area contributed by atoms with Gasteiger partial charge in [0, 0.05) is 0 Å². The second kappa shape index (κ2) is 5.10. The highest BCUT2D eigenvalue weighted by Crippen LogP contribution is 2.67. The maximum atomic E-state index is 10.1. The van der Waals surface area contributed by atoms with Gasteiger partial charge in [0.05, 0.1) is 6.10 Å². The van der Waals surface area contributed by atoms with E-state index in [0.29, 0.717) is 10.8 Å². The third-order valence-electron chi connectivity index (χ3n) is 8.83. The van der Waals surface area contributed by atoms with E-state index >= 15 is 0 Å². The lowest BCUT2D eigenvalue weighted by Crippen LogP contribution is -2.53. The Kier molecular flexibility index (Phi) is 3.53. The van der Waals surface area contributed by atoms with Crippen molar-refractivity contribution in [3.63, 3.8) is 0 Å². The van der Waals surface area contributed by atoms with Gasteiger partial charge in [-0.1, -0.05) is 25.5 Å². The molecule has 0 bridgehead atoms. The molecule has 1 heteroatoms. The normalized spacial score (nSPS) is 56.4. The molecular weight excluding hydrogens is 268 g/mol. The van der Waals surface area contributed by atoms with Gasteiger partial charge in [0.2, 0.25) is 0 Å². The van der Waals surface area contributed by atoms with Crippen LogP contribution in [0.1, 0.15) is 78.6 Å². The van der Waals surface area contributed by atoms with Crippen LogP contribution in [0.2, 0.25) is 0 Å². The summed E-state index contributed by atoms with van der Waals surface area (Å²) in [7, 11) is 0. The first-order valence-corrected chi connectivity index (χ1v) is 9.83. The first kappa shape index (κ1) is 15.2. The zero-order valence-corrected chi connectivity index (χ0v) is 14.8. The van der Waals surface area contributed by atoms with Crippen LogP contribution in [0, 0.1) is 34.5 Å². The Morgan fingerprint density at radius 3 is 2.59 bits per heavy atom. The van der Waals surface area contributed by atoms with Gasteiger partial charge in [-0.15, -0.1) is 0 Å². The van der Waals surface area contributed by atoms with Crippen LogP contribution in [0.15, 0.2) is 11.6 Å². The number of fused-ring (bicyclic) bond motifs is 5. The molecule has 0 spiro atoms. The predicted octanol–water partition coefficient (Wildman–Crippen LogP) is 5.34. The molecule has 4 aliphatic carbocycles. The first-order valence-electron chi connectivity index (χ1n) is 9.83. The third kappa shape index (κ3) is 1.93. The molecule has 1 N–H and O–H groups in total. The fraction of sp³-hybridized carbons (Fsp3) is 0.905. The molecule has 0 aromatic heterocycles. The minimum Gasteiger partial charge on any atom is -0.393 e. The number of rotatable bonds is 0. The average molecular weight is 303 g/mol. The maximum absolute atomic E-state index is 10.1. The fourth-order valence-corrected chi connectivity index (χ4v) is 7.56. The fourth-order valence-electron chi connectivity index (χ4n) is 7.56.